The summed E-state index contributed by atoms with van der Waals surface area (Å²) in [7, 11) is 0. The van der Waals surface area contributed by atoms with Crippen LogP contribution in [0.5, 0.6) is 0 Å². The van der Waals surface area contributed by atoms with E-state index in [0.717, 1.165) is 0 Å². The molecule has 0 aliphatic carbocycles. The van der Waals surface area contributed by atoms with Crippen LogP contribution in [0.4, 0.5) is 0 Å². The van der Waals surface area contributed by atoms with E-state index in [9.17, 15) is 25.2 Å². The van der Waals surface area contributed by atoms with Crippen LogP contribution < -0.4 is 0 Å². The molecule has 0 amide bonds. The van der Waals surface area contributed by atoms with Crippen LogP contribution in [0, 0.1) is 11.8 Å². The van der Waals surface area contributed by atoms with E-state index in [1.165, 1.54) is 6.26 Å². The number of hydrogen-bond donors (Lipinski definition) is 4. The Balaban J connectivity index is 1.75. The smallest absolute Gasteiger partial charge is 0.337 e. The second kappa shape index (κ2) is 7.40. The summed E-state index contributed by atoms with van der Waals surface area (Å²) in [6.45, 7) is 3.47. The van der Waals surface area contributed by atoms with Crippen LogP contribution >= 0.6 is 0 Å². The van der Waals surface area contributed by atoms with E-state index in [2.05, 4.69) is 6.58 Å². The molecule has 0 spiro atoms. The van der Waals surface area contributed by atoms with E-state index >= 15 is 0 Å². The zero-order chi connectivity index (χ0) is 18.1. The van der Waals surface area contributed by atoms with Crippen molar-refractivity contribution in [2.45, 2.75) is 43.4 Å². The highest BCUT2D eigenvalue weighted by molar-refractivity contribution is 5.89. The van der Waals surface area contributed by atoms with Crippen molar-refractivity contribution in [3.8, 4) is 0 Å². The van der Waals surface area contributed by atoms with Gasteiger partial charge in [-0.3, -0.25) is 0 Å². The lowest BCUT2D eigenvalue weighted by atomic mass is 9.81. The Kier molecular flexibility index (Phi) is 5.42. The van der Waals surface area contributed by atoms with Crippen molar-refractivity contribution in [3.05, 3.63) is 24.5 Å². The molecule has 2 saturated heterocycles. The van der Waals surface area contributed by atoms with Gasteiger partial charge in [0.2, 0.25) is 6.29 Å². The van der Waals surface area contributed by atoms with Crippen molar-refractivity contribution < 1.29 is 44.2 Å². The van der Waals surface area contributed by atoms with Crippen LogP contribution in [0.2, 0.25) is 0 Å². The number of cyclic esters (lactones) is 1. The topological polar surface area (TPSA) is 135 Å². The fraction of sp³-hybridized carbons (Fsp3) is 0.688. The zero-order valence-corrected chi connectivity index (χ0v) is 13.4. The Hall–Kier alpha value is -1.49. The molecular weight excluding hydrogens is 336 g/mol. The number of carbonyl (C=O) groups is 1. The minimum atomic E-state index is -1.54. The lowest BCUT2D eigenvalue weighted by Gasteiger charge is -2.43. The highest BCUT2D eigenvalue weighted by Crippen LogP contribution is 2.38. The van der Waals surface area contributed by atoms with Crippen LogP contribution in [-0.4, -0.2) is 76.6 Å². The molecule has 9 heteroatoms. The second-order valence-electron chi connectivity index (χ2n) is 6.26. The Morgan fingerprint density at radius 2 is 2.00 bits per heavy atom. The number of fused-ring (bicyclic) bond motifs is 1. The Labute approximate surface area is 144 Å². The predicted molar refractivity (Wildman–Crippen MR) is 80.6 cm³/mol. The normalized spacial score (nSPS) is 44.2. The summed E-state index contributed by atoms with van der Waals surface area (Å²) in [5, 5.41) is 38.9. The van der Waals surface area contributed by atoms with Gasteiger partial charge in [-0.05, 0) is 6.42 Å². The second-order valence-corrected chi connectivity index (χ2v) is 6.26. The van der Waals surface area contributed by atoms with Crippen molar-refractivity contribution in [2.75, 3.05) is 13.2 Å². The first-order valence-electron chi connectivity index (χ1n) is 8.09. The Morgan fingerprint density at radius 1 is 1.24 bits per heavy atom. The van der Waals surface area contributed by atoms with Gasteiger partial charge in [-0.1, -0.05) is 6.08 Å². The fourth-order valence-electron chi connectivity index (χ4n) is 3.34. The summed E-state index contributed by atoms with van der Waals surface area (Å²) in [4.78, 5) is 11.8. The van der Waals surface area contributed by atoms with Crippen LogP contribution in [0.3, 0.4) is 0 Å². The molecule has 3 rings (SSSR count). The van der Waals surface area contributed by atoms with Gasteiger partial charge in [0.25, 0.3) is 0 Å². The first-order valence-corrected chi connectivity index (χ1v) is 8.09. The van der Waals surface area contributed by atoms with E-state index in [1.807, 2.05) is 0 Å². The van der Waals surface area contributed by atoms with E-state index in [0.29, 0.717) is 12.0 Å². The molecule has 0 aromatic rings. The summed E-state index contributed by atoms with van der Waals surface area (Å²) in [5.41, 5.74) is 0.393. The third-order valence-electron chi connectivity index (χ3n) is 4.79. The van der Waals surface area contributed by atoms with Gasteiger partial charge in [0.15, 0.2) is 6.29 Å². The maximum absolute atomic E-state index is 11.8. The third kappa shape index (κ3) is 3.31. The molecule has 140 valence electrons. The molecule has 0 aromatic heterocycles. The Bertz CT molecular complexity index is 546. The summed E-state index contributed by atoms with van der Waals surface area (Å²) in [6.07, 6.45) is -4.44. The number of ether oxygens (including phenoxy) is 4. The van der Waals surface area contributed by atoms with Crippen molar-refractivity contribution >= 4 is 5.97 Å². The number of aliphatic hydroxyl groups excluding tert-OH is 4. The molecule has 0 bridgehead atoms. The van der Waals surface area contributed by atoms with Crippen LogP contribution in [0.25, 0.3) is 0 Å². The minimum Gasteiger partial charge on any atom is -0.471 e. The molecule has 0 aromatic carbocycles. The van der Waals surface area contributed by atoms with Crippen molar-refractivity contribution in [1.82, 2.24) is 0 Å². The monoisotopic (exact) mass is 358 g/mol. The molecule has 25 heavy (non-hydrogen) atoms. The molecule has 3 aliphatic rings. The molecule has 0 saturated carbocycles. The minimum absolute atomic E-state index is 0.206. The van der Waals surface area contributed by atoms with E-state index in [-0.39, 0.29) is 12.5 Å². The van der Waals surface area contributed by atoms with Gasteiger partial charge in [-0.15, -0.1) is 6.58 Å². The van der Waals surface area contributed by atoms with E-state index < -0.39 is 55.5 Å². The number of esters is 1. The fourth-order valence-corrected chi connectivity index (χ4v) is 3.34. The molecule has 3 heterocycles. The Morgan fingerprint density at radius 3 is 2.68 bits per heavy atom. The van der Waals surface area contributed by atoms with Gasteiger partial charge in [-0.2, -0.15) is 0 Å². The highest BCUT2D eigenvalue weighted by Gasteiger charge is 2.48. The first-order chi connectivity index (χ1) is 12.0. The SMILES string of the molecule is C=C[C@H]1[C@H](O[C@@H]2O[C@H](CO)[C@@H](O)[C@@H](O)[C@@H]2O)OC=C2C(=O)OCC[C@H]21. The highest BCUT2D eigenvalue weighted by atomic mass is 16.8. The number of aliphatic hydroxyl groups is 4. The van der Waals surface area contributed by atoms with Gasteiger partial charge in [0.05, 0.1) is 25.0 Å². The average Bonchev–Trinajstić information content (AvgIpc) is 2.62. The molecule has 4 N–H and O–H groups in total. The molecule has 9 nitrogen and oxygen atoms in total. The van der Waals surface area contributed by atoms with Gasteiger partial charge in [0.1, 0.15) is 24.4 Å². The zero-order valence-electron chi connectivity index (χ0n) is 13.4. The van der Waals surface area contributed by atoms with Gasteiger partial charge in [-0.25, -0.2) is 4.79 Å². The number of rotatable bonds is 4. The maximum Gasteiger partial charge on any atom is 0.337 e. The third-order valence-corrected chi connectivity index (χ3v) is 4.79. The molecular formula is C16H22O9. The maximum atomic E-state index is 11.8. The summed E-state index contributed by atoms with van der Waals surface area (Å²) in [5.74, 6) is -1.06. The molecule has 0 unspecified atom stereocenters. The molecule has 8 atom stereocenters. The van der Waals surface area contributed by atoms with Gasteiger partial charge < -0.3 is 39.4 Å². The lowest BCUT2D eigenvalue weighted by molar-refractivity contribution is -0.339. The van der Waals surface area contributed by atoms with E-state index in [4.69, 9.17) is 18.9 Å². The molecule has 3 aliphatic heterocycles. The van der Waals surface area contributed by atoms with E-state index in [1.54, 1.807) is 6.08 Å². The summed E-state index contributed by atoms with van der Waals surface area (Å²) in [6, 6.07) is 0. The largest absolute Gasteiger partial charge is 0.471 e. The summed E-state index contributed by atoms with van der Waals surface area (Å²) >= 11 is 0. The molecule has 2 fully saturated rings. The van der Waals surface area contributed by atoms with Crippen LogP contribution in [0.15, 0.2) is 24.5 Å². The molecule has 0 radical (unpaired) electrons. The number of hydrogen-bond acceptors (Lipinski definition) is 9. The van der Waals surface area contributed by atoms with Gasteiger partial charge >= 0.3 is 5.97 Å². The van der Waals surface area contributed by atoms with Crippen molar-refractivity contribution in [3.63, 3.8) is 0 Å². The van der Waals surface area contributed by atoms with Crippen molar-refractivity contribution in [1.29, 1.82) is 0 Å². The quantitative estimate of drug-likeness (QED) is 0.346. The predicted octanol–water partition coefficient (Wildman–Crippen LogP) is -1.59. The van der Waals surface area contributed by atoms with Crippen molar-refractivity contribution in [2.24, 2.45) is 11.8 Å². The standard InChI is InChI=1S/C16H22O9/c1-2-7-8-3-4-22-14(21)9(8)6-23-15(7)25-16-13(20)12(19)11(18)10(5-17)24-16/h2,6-8,10-13,15-20H,1,3-5H2/t7-,8+,10-,11-,12-,13+,15+,16+/m1/s1. The first kappa shape index (κ1) is 18.3. The lowest BCUT2D eigenvalue weighted by Crippen LogP contribution is -2.60. The number of carbonyl (C=O) groups excluding carboxylic acids is 1. The summed E-state index contributed by atoms with van der Waals surface area (Å²) < 4.78 is 21.4. The van der Waals surface area contributed by atoms with Crippen LogP contribution in [0.1, 0.15) is 6.42 Å². The van der Waals surface area contributed by atoms with Crippen LogP contribution in [-0.2, 0) is 23.7 Å². The average molecular weight is 358 g/mol. The van der Waals surface area contributed by atoms with Gasteiger partial charge in [0, 0.05) is 11.8 Å².